The van der Waals surface area contributed by atoms with Crippen molar-refractivity contribution >= 4 is 23.4 Å². The summed E-state index contributed by atoms with van der Waals surface area (Å²) in [4.78, 5) is 28.1. The molecule has 0 aliphatic carbocycles. The molecule has 27 heavy (non-hydrogen) atoms. The summed E-state index contributed by atoms with van der Waals surface area (Å²) < 4.78 is 5.67. The number of amides is 2. The zero-order valence-electron chi connectivity index (χ0n) is 14.4. The maximum Gasteiger partial charge on any atom is 0.244 e. The molecule has 0 unspecified atom stereocenters. The van der Waals surface area contributed by atoms with Crippen LogP contribution in [0.3, 0.4) is 0 Å². The largest absolute Gasteiger partial charge is 0.441 e. The predicted molar refractivity (Wildman–Crippen MR) is 102 cm³/mol. The molecular formula is C20H18ClN3O3. The Labute approximate surface area is 161 Å². The minimum atomic E-state index is -0.868. The van der Waals surface area contributed by atoms with Crippen LogP contribution in [0.5, 0.6) is 0 Å². The molecule has 0 radical (unpaired) electrons. The van der Waals surface area contributed by atoms with Gasteiger partial charge in [0.25, 0.3) is 0 Å². The molecule has 0 aliphatic rings. The number of nitrogens with zero attached hydrogens (tertiary/aromatic N) is 1. The summed E-state index contributed by atoms with van der Waals surface area (Å²) >= 11 is 5.87. The van der Waals surface area contributed by atoms with Gasteiger partial charge in [0, 0.05) is 23.4 Å². The highest BCUT2D eigenvalue weighted by molar-refractivity contribution is 6.30. The van der Waals surface area contributed by atoms with E-state index in [0.29, 0.717) is 28.7 Å². The fraction of sp³-hybridized carbons (Fsp3) is 0.150. The molecular weight excluding hydrogens is 366 g/mol. The monoisotopic (exact) mass is 383 g/mol. The van der Waals surface area contributed by atoms with Crippen molar-refractivity contribution in [3.63, 3.8) is 0 Å². The lowest BCUT2D eigenvalue weighted by atomic mass is 10.1. The van der Waals surface area contributed by atoms with Crippen LogP contribution in [0.15, 0.2) is 65.2 Å². The summed E-state index contributed by atoms with van der Waals surface area (Å²) in [6, 6.07) is 15.2. The van der Waals surface area contributed by atoms with Gasteiger partial charge in [-0.05, 0) is 29.8 Å². The Morgan fingerprint density at radius 2 is 1.81 bits per heavy atom. The Hall–Kier alpha value is -3.12. The lowest BCUT2D eigenvalue weighted by molar-refractivity contribution is -0.127. The van der Waals surface area contributed by atoms with Crippen LogP contribution in [0.1, 0.15) is 23.9 Å². The minimum Gasteiger partial charge on any atom is -0.441 e. The number of halogens is 1. The predicted octanol–water partition coefficient (Wildman–Crippen LogP) is 3.27. The Kier molecular flexibility index (Phi) is 5.88. The number of oxazole rings is 1. The average Bonchev–Trinajstić information content (AvgIpc) is 3.14. The number of aromatic nitrogens is 1. The molecule has 0 saturated carbocycles. The van der Waals surface area contributed by atoms with Gasteiger partial charge in [-0.15, -0.1) is 0 Å². The molecule has 0 fully saturated rings. The topological polar surface area (TPSA) is 98.2 Å². The fourth-order valence-electron chi connectivity index (χ4n) is 2.59. The lowest BCUT2D eigenvalue weighted by Crippen LogP contribution is -2.37. The van der Waals surface area contributed by atoms with E-state index in [2.05, 4.69) is 10.3 Å². The van der Waals surface area contributed by atoms with Gasteiger partial charge in [-0.2, -0.15) is 0 Å². The Morgan fingerprint density at radius 1 is 1.11 bits per heavy atom. The van der Waals surface area contributed by atoms with Crippen molar-refractivity contribution in [3.8, 4) is 11.3 Å². The Bertz CT molecular complexity index is 923. The van der Waals surface area contributed by atoms with Crippen molar-refractivity contribution < 1.29 is 14.0 Å². The van der Waals surface area contributed by atoms with Crippen molar-refractivity contribution in [1.29, 1.82) is 0 Å². The van der Waals surface area contributed by atoms with Crippen molar-refractivity contribution in [2.45, 2.75) is 18.9 Å². The molecule has 3 rings (SSSR count). The van der Waals surface area contributed by atoms with E-state index < -0.39 is 11.9 Å². The van der Waals surface area contributed by atoms with E-state index in [1.807, 2.05) is 18.2 Å². The number of carbonyl (C=O) groups is 2. The van der Waals surface area contributed by atoms with Crippen LogP contribution in [0.2, 0.25) is 5.02 Å². The van der Waals surface area contributed by atoms with Gasteiger partial charge in [0.05, 0.1) is 6.20 Å². The van der Waals surface area contributed by atoms with E-state index in [0.717, 1.165) is 5.56 Å². The van der Waals surface area contributed by atoms with Crippen LogP contribution < -0.4 is 11.1 Å². The van der Waals surface area contributed by atoms with Crippen molar-refractivity contribution in [3.05, 3.63) is 77.3 Å². The number of nitrogens with one attached hydrogen (secondary N) is 1. The van der Waals surface area contributed by atoms with E-state index >= 15 is 0 Å². The number of primary amides is 1. The van der Waals surface area contributed by atoms with Crippen molar-refractivity contribution in [1.82, 2.24) is 10.3 Å². The first kappa shape index (κ1) is 18.7. The minimum absolute atomic E-state index is 0.122. The van der Waals surface area contributed by atoms with Gasteiger partial charge in [0.1, 0.15) is 6.04 Å². The van der Waals surface area contributed by atoms with Gasteiger partial charge < -0.3 is 15.5 Å². The molecule has 1 heterocycles. The summed E-state index contributed by atoms with van der Waals surface area (Å²) in [5, 5.41) is 3.29. The maximum absolute atomic E-state index is 12.2. The van der Waals surface area contributed by atoms with E-state index in [9.17, 15) is 9.59 Å². The van der Waals surface area contributed by atoms with E-state index in [1.165, 1.54) is 0 Å². The van der Waals surface area contributed by atoms with Crippen LogP contribution in [-0.4, -0.2) is 16.8 Å². The highest BCUT2D eigenvalue weighted by Crippen LogP contribution is 2.22. The number of rotatable bonds is 7. The van der Waals surface area contributed by atoms with Crippen LogP contribution >= 0.6 is 11.6 Å². The molecule has 7 heteroatoms. The number of aryl methyl sites for hydroxylation is 1. The standard InChI is InChI=1S/C20H18ClN3O3/c21-15-8-6-13(7-9-15)16-12-23-18(27-16)11-10-17(25)24-19(20(22)26)14-4-2-1-3-5-14/h1-9,12,19H,10-11H2,(H2,22,26)(H,24,25)/t19-/m1/s1. The molecule has 2 amide bonds. The third-order valence-electron chi connectivity index (χ3n) is 3.97. The van der Waals surface area contributed by atoms with Gasteiger partial charge in [-0.25, -0.2) is 4.98 Å². The number of hydrogen-bond donors (Lipinski definition) is 2. The van der Waals surface area contributed by atoms with Gasteiger partial charge >= 0.3 is 0 Å². The van der Waals surface area contributed by atoms with Gasteiger partial charge in [0.2, 0.25) is 11.8 Å². The highest BCUT2D eigenvalue weighted by Gasteiger charge is 2.20. The molecule has 0 saturated heterocycles. The number of benzene rings is 2. The quantitative estimate of drug-likeness (QED) is 0.654. The molecule has 138 valence electrons. The SMILES string of the molecule is NC(=O)[C@H](NC(=O)CCc1ncc(-c2ccc(Cl)cc2)o1)c1ccccc1. The lowest BCUT2D eigenvalue weighted by Gasteiger charge is -2.15. The second kappa shape index (κ2) is 8.51. The maximum atomic E-state index is 12.2. The molecule has 6 nitrogen and oxygen atoms in total. The number of carbonyl (C=O) groups excluding carboxylic acids is 2. The van der Waals surface area contributed by atoms with E-state index in [4.69, 9.17) is 21.8 Å². The third-order valence-corrected chi connectivity index (χ3v) is 4.22. The number of hydrogen-bond acceptors (Lipinski definition) is 4. The van der Waals surface area contributed by atoms with Crippen LogP contribution in [0, 0.1) is 0 Å². The summed E-state index contributed by atoms with van der Waals surface area (Å²) in [6.07, 6.45) is 2.03. The number of nitrogens with two attached hydrogens (primary N) is 1. The van der Waals surface area contributed by atoms with Crippen molar-refractivity contribution in [2.24, 2.45) is 5.73 Å². The molecule has 1 aromatic heterocycles. The molecule has 0 spiro atoms. The van der Waals surface area contributed by atoms with Gasteiger partial charge in [-0.3, -0.25) is 9.59 Å². The van der Waals surface area contributed by atoms with E-state index in [-0.39, 0.29) is 12.3 Å². The third kappa shape index (κ3) is 4.95. The molecule has 3 aromatic rings. The first-order valence-corrected chi connectivity index (χ1v) is 8.75. The smallest absolute Gasteiger partial charge is 0.244 e. The highest BCUT2D eigenvalue weighted by atomic mass is 35.5. The zero-order chi connectivity index (χ0) is 19.2. The van der Waals surface area contributed by atoms with Crippen LogP contribution in [0.25, 0.3) is 11.3 Å². The van der Waals surface area contributed by atoms with E-state index in [1.54, 1.807) is 42.6 Å². The summed E-state index contributed by atoms with van der Waals surface area (Å²) in [5.74, 6) is 0.108. The van der Waals surface area contributed by atoms with Crippen LogP contribution in [0.4, 0.5) is 0 Å². The summed E-state index contributed by atoms with van der Waals surface area (Å²) in [7, 11) is 0. The second-order valence-electron chi connectivity index (χ2n) is 5.94. The molecule has 1 atom stereocenters. The average molecular weight is 384 g/mol. The first-order chi connectivity index (χ1) is 13.0. The van der Waals surface area contributed by atoms with Crippen LogP contribution in [-0.2, 0) is 16.0 Å². The summed E-state index contributed by atoms with van der Waals surface area (Å²) in [6.45, 7) is 0. The fourth-order valence-corrected chi connectivity index (χ4v) is 2.72. The normalized spacial score (nSPS) is 11.7. The van der Waals surface area contributed by atoms with Crippen molar-refractivity contribution in [2.75, 3.05) is 0 Å². The summed E-state index contributed by atoms with van der Waals surface area (Å²) in [5.41, 5.74) is 6.89. The molecule has 3 N–H and O–H groups in total. The molecule has 2 aromatic carbocycles. The zero-order valence-corrected chi connectivity index (χ0v) is 15.1. The van der Waals surface area contributed by atoms with Gasteiger partial charge in [0.15, 0.2) is 11.7 Å². The Balaban J connectivity index is 1.59. The Morgan fingerprint density at radius 3 is 2.48 bits per heavy atom. The first-order valence-electron chi connectivity index (χ1n) is 8.37. The molecule has 0 bridgehead atoms. The van der Waals surface area contributed by atoms with Gasteiger partial charge in [-0.1, -0.05) is 41.9 Å². The molecule has 0 aliphatic heterocycles. The second-order valence-corrected chi connectivity index (χ2v) is 6.38.